The van der Waals surface area contributed by atoms with Gasteiger partial charge in [0.05, 0.1) is 11.4 Å². The minimum Gasteiger partial charge on any atom is -0.352 e. The third-order valence-corrected chi connectivity index (χ3v) is 5.71. The van der Waals surface area contributed by atoms with Crippen molar-refractivity contribution in [2.45, 2.75) is 17.9 Å². The monoisotopic (exact) mass is 395 g/mol. The summed E-state index contributed by atoms with van der Waals surface area (Å²) in [5.41, 5.74) is 1.45. The van der Waals surface area contributed by atoms with E-state index in [0.29, 0.717) is 6.54 Å². The van der Waals surface area contributed by atoms with E-state index in [1.807, 2.05) is 18.3 Å². The molecule has 7 heteroatoms. The number of carbonyl (C=O) groups excluding carboxylic acids is 1. The summed E-state index contributed by atoms with van der Waals surface area (Å²) in [6.07, 6.45) is 7.87. The van der Waals surface area contributed by atoms with Gasteiger partial charge in [-0.1, -0.05) is 30.2 Å². The first kappa shape index (κ1) is 19.7. The standard InChI is InChI=1S/C21H21N3O3S/c1-2-12-23-28(26,27)19-9-5-8-18(16-19)21(25)22-13-6-14-24-15-11-17-7-3-4-10-20(17)24/h1,3-5,7-11,15-16,23H,6,12-14H2,(H,22,25). The fourth-order valence-corrected chi connectivity index (χ4v) is 3.89. The van der Waals surface area contributed by atoms with E-state index in [9.17, 15) is 13.2 Å². The van der Waals surface area contributed by atoms with E-state index in [0.717, 1.165) is 18.5 Å². The molecular weight excluding hydrogens is 374 g/mol. The van der Waals surface area contributed by atoms with Crippen LogP contribution < -0.4 is 10.0 Å². The number of hydrogen-bond acceptors (Lipinski definition) is 3. The molecule has 6 nitrogen and oxygen atoms in total. The Morgan fingerprint density at radius 1 is 1.11 bits per heavy atom. The summed E-state index contributed by atoms with van der Waals surface area (Å²) in [5, 5.41) is 4.01. The second kappa shape index (κ2) is 8.74. The molecule has 1 aromatic heterocycles. The van der Waals surface area contributed by atoms with E-state index < -0.39 is 10.0 Å². The molecule has 0 saturated heterocycles. The molecule has 0 saturated carbocycles. The van der Waals surface area contributed by atoms with Crippen LogP contribution in [0.25, 0.3) is 10.9 Å². The Morgan fingerprint density at radius 3 is 2.75 bits per heavy atom. The number of aromatic nitrogens is 1. The van der Waals surface area contributed by atoms with Crippen LogP contribution in [0.3, 0.4) is 0 Å². The number of rotatable bonds is 8. The number of benzene rings is 2. The smallest absolute Gasteiger partial charge is 0.251 e. The van der Waals surface area contributed by atoms with Gasteiger partial charge in [-0.05, 0) is 42.1 Å². The second-order valence-electron chi connectivity index (χ2n) is 6.23. The van der Waals surface area contributed by atoms with E-state index >= 15 is 0 Å². The van der Waals surface area contributed by atoms with Gasteiger partial charge in [-0.25, -0.2) is 8.42 Å². The molecule has 0 fully saturated rings. The van der Waals surface area contributed by atoms with Crippen molar-refractivity contribution in [3.05, 3.63) is 66.4 Å². The molecule has 0 unspecified atom stereocenters. The molecule has 144 valence electrons. The van der Waals surface area contributed by atoms with Crippen molar-refractivity contribution in [3.63, 3.8) is 0 Å². The van der Waals surface area contributed by atoms with Crippen LogP contribution in [0.15, 0.2) is 65.7 Å². The number of nitrogens with one attached hydrogen (secondary N) is 2. The van der Waals surface area contributed by atoms with Crippen molar-refractivity contribution in [1.29, 1.82) is 0 Å². The normalized spacial score (nSPS) is 11.2. The molecule has 3 rings (SSSR count). The summed E-state index contributed by atoms with van der Waals surface area (Å²) in [4.78, 5) is 12.4. The number of sulfonamides is 1. The van der Waals surface area contributed by atoms with Gasteiger partial charge in [-0.2, -0.15) is 4.72 Å². The Morgan fingerprint density at radius 2 is 1.93 bits per heavy atom. The number of amides is 1. The first-order valence-electron chi connectivity index (χ1n) is 8.86. The molecule has 0 aliphatic heterocycles. The number of para-hydroxylation sites is 1. The molecular formula is C21H21N3O3S. The van der Waals surface area contributed by atoms with E-state index in [4.69, 9.17) is 6.42 Å². The van der Waals surface area contributed by atoms with Crippen LogP contribution in [0.5, 0.6) is 0 Å². The second-order valence-corrected chi connectivity index (χ2v) is 8.00. The molecule has 1 amide bonds. The zero-order valence-electron chi connectivity index (χ0n) is 15.3. The fourth-order valence-electron chi connectivity index (χ4n) is 2.91. The van der Waals surface area contributed by atoms with Gasteiger partial charge in [-0.15, -0.1) is 6.42 Å². The van der Waals surface area contributed by atoms with Gasteiger partial charge in [0, 0.05) is 30.4 Å². The van der Waals surface area contributed by atoms with Gasteiger partial charge >= 0.3 is 0 Å². The van der Waals surface area contributed by atoms with Crippen LogP contribution in [-0.2, 0) is 16.6 Å². The van der Waals surface area contributed by atoms with Crippen LogP contribution in [0.1, 0.15) is 16.8 Å². The van der Waals surface area contributed by atoms with Crippen molar-refractivity contribution in [2.75, 3.05) is 13.1 Å². The third kappa shape index (κ3) is 4.60. The van der Waals surface area contributed by atoms with Gasteiger partial charge < -0.3 is 9.88 Å². The Balaban J connectivity index is 1.56. The van der Waals surface area contributed by atoms with Crippen molar-refractivity contribution in [3.8, 4) is 12.3 Å². The predicted octanol–water partition coefficient (Wildman–Crippen LogP) is 2.37. The molecule has 0 aliphatic rings. The largest absolute Gasteiger partial charge is 0.352 e. The summed E-state index contributed by atoms with van der Waals surface area (Å²) in [5.74, 6) is 1.90. The summed E-state index contributed by atoms with van der Waals surface area (Å²) < 4.78 is 28.7. The Hall–Kier alpha value is -3.08. The highest BCUT2D eigenvalue weighted by Crippen LogP contribution is 2.15. The summed E-state index contributed by atoms with van der Waals surface area (Å²) >= 11 is 0. The molecule has 1 heterocycles. The molecule has 28 heavy (non-hydrogen) atoms. The molecule has 0 aliphatic carbocycles. The third-order valence-electron chi connectivity index (χ3n) is 4.31. The van der Waals surface area contributed by atoms with E-state index in [-0.39, 0.29) is 22.9 Å². The lowest BCUT2D eigenvalue weighted by atomic mass is 10.2. The average Bonchev–Trinajstić information content (AvgIpc) is 3.13. The zero-order valence-corrected chi connectivity index (χ0v) is 16.1. The highest BCUT2D eigenvalue weighted by Gasteiger charge is 2.15. The summed E-state index contributed by atoms with van der Waals surface area (Å²) in [6, 6.07) is 16.1. The van der Waals surface area contributed by atoms with Crippen LogP contribution in [-0.4, -0.2) is 32.0 Å². The molecule has 0 radical (unpaired) electrons. The Kier molecular flexibility index (Phi) is 6.14. The van der Waals surface area contributed by atoms with Crippen LogP contribution in [0.2, 0.25) is 0 Å². The quantitative estimate of drug-likeness (QED) is 0.454. The predicted molar refractivity (Wildman–Crippen MR) is 109 cm³/mol. The van der Waals surface area contributed by atoms with Gasteiger partial charge in [0.1, 0.15) is 0 Å². The molecule has 2 N–H and O–H groups in total. The SMILES string of the molecule is C#CCNS(=O)(=O)c1cccc(C(=O)NCCCn2ccc3ccccc32)c1. The molecule has 0 bridgehead atoms. The highest BCUT2D eigenvalue weighted by atomic mass is 32.2. The Labute approximate surface area is 164 Å². The molecule has 3 aromatic rings. The van der Waals surface area contributed by atoms with Crippen LogP contribution >= 0.6 is 0 Å². The molecule has 2 aromatic carbocycles. The Bertz CT molecular complexity index is 1130. The lowest BCUT2D eigenvalue weighted by Gasteiger charge is -2.09. The van der Waals surface area contributed by atoms with Gasteiger partial charge in [0.25, 0.3) is 5.91 Å². The number of hydrogen-bond donors (Lipinski definition) is 2. The van der Waals surface area contributed by atoms with Gasteiger partial charge in [0.2, 0.25) is 10.0 Å². The van der Waals surface area contributed by atoms with E-state index in [1.165, 1.54) is 23.6 Å². The number of fused-ring (bicyclic) bond motifs is 1. The minimum absolute atomic E-state index is 0.00853. The van der Waals surface area contributed by atoms with Gasteiger partial charge in [-0.3, -0.25) is 4.79 Å². The topological polar surface area (TPSA) is 80.2 Å². The molecule has 0 atom stereocenters. The summed E-state index contributed by atoms with van der Waals surface area (Å²) in [7, 11) is -3.73. The first-order valence-corrected chi connectivity index (χ1v) is 10.3. The number of terminal acetylenes is 1. The van der Waals surface area contributed by atoms with Crippen molar-refractivity contribution >= 4 is 26.8 Å². The fraction of sp³-hybridized carbons (Fsp3) is 0.190. The maximum Gasteiger partial charge on any atom is 0.251 e. The summed E-state index contributed by atoms with van der Waals surface area (Å²) in [6.45, 7) is 1.16. The number of carbonyl (C=O) groups is 1. The number of nitrogens with zero attached hydrogens (tertiary/aromatic N) is 1. The maximum absolute atomic E-state index is 12.3. The first-order chi connectivity index (χ1) is 13.5. The van der Waals surface area contributed by atoms with Crippen molar-refractivity contribution in [2.24, 2.45) is 0 Å². The van der Waals surface area contributed by atoms with Crippen LogP contribution in [0.4, 0.5) is 0 Å². The van der Waals surface area contributed by atoms with Gasteiger partial charge in [0.15, 0.2) is 0 Å². The van der Waals surface area contributed by atoms with Crippen molar-refractivity contribution in [1.82, 2.24) is 14.6 Å². The highest BCUT2D eigenvalue weighted by molar-refractivity contribution is 7.89. The lowest BCUT2D eigenvalue weighted by molar-refractivity contribution is 0.0952. The van der Waals surface area contributed by atoms with Crippen molar-refractivity contribution < 1.29 is 13.2 Å². The van der Waals surface area contributed by atoms with E-state index in [1.54, 1.807) is 6.07 Å². The zero-order chi connectivity index (χ0) is 20.0. The maximum atomic E-state index is 12.3. The minimum atomic E-state index is -3.73. The number of aryl methyl sites for hydroxylation is 1. The lowest BCUT2D eigenvalue weighted by Crippen LogP contribution is -2.27. The van der Waals surface area contributed by atoms with Crippen LogP contribution in [0, 0.1) is 12.3 Å². The van der Waals surface area contributed by atoms with E-state index in [2.05, 4.69) is 38.7 Å². The average molecular weight is 395 g/mol. The molecule has 0 spiro atoms.